The average Bonchev–Trinajstić information content (AvgIpc) is 3.03. The topological polar surface area (TPSA) is 109 Å². The molecule has 2 amide bonds. The summed E-state index contributed by atoms with van der Waals surface area (Å²) < 4.78 is 11.5. The third-order valence-electron chi connectivity index (χ3n) is 5.98. The van der Waals surface area contributed by atoms with Crippen molar-refractivity contribution in [3.63, 3.8) is 0 Å². The van der Waals surface area contributed by atoms with Gasteiger partial charge in [0.1, 0.15) is 23.7 Å². The Bertz CT molecular complexity index is 1220. The molecular weight excluding hydrogens is 472 g/mol. The van der Waals surface area contributed by atoms with Crippen molar-refractivity contribution in [3.8, 4) is 5.75 Å². The minimum absolute atomic E-state index is 0.0521. The summed E-state index contributed by atoms with van der Waals surface area (Å²) in [7, 11) is 3.44. The van der Waals surface area contributed by atoms with Crippen LogP contribution in [-0.4, -0.2) is 67.2 Å². The maximum Gasteiger partial charge on any atom is 0.407 e. The molecule has 1 atom stereocenters. The monoisotopic (exact) mass is 504 g/mol. The fraction of sp³-hybridized carbons (Fsp3) is 0.333. The van der Waals surface area contributed by atoms with Gasteiger partial charge < -0.3 is 29.9 Å². The van der Waals surface area contributed by atoms with Crippen LogP contribution >= 0.6 is 0 Å². The van der Waals surface area contributed by atoms with Crippen molar-refractivity contribution in [2.24, 2.45) is 0 Å². The molecule has 0 spiro atoms. The van der Waals surface area contributed by atoms with E-state index in [0.29, 0.717) is 49.3 Å². The highest BCUT2D eigenvalue weighted by molar-refractivity contribution is 5.99. The lowest BCUT2D eigenvalue weighted by Gasteiger charge is -2.22. The van der Waals surface area contributed by atoms with Crippen LogP contribution in [0.15, 0.2) is 60.8 Å². The van der Waals surface area contributed by atoms with E-state index in [1.54, 1.807) is 11.1 Å². The van der Waals surface area contributed by atoms with Gasteiger partial charge >= 0.3 is 6.09 Å². The van der Waals surface area contributed by atoms with Crippen molar-refractivity contribution in [1.82, 2.24) is 20.2 Å². The van der Waals surface area contributed by atoms with E-state index in [1.807, 2.05) is 73.5 Å². The maximum absolute atomic E-state index is 13.4. The highest BCUT2D eigenvalue weighted by Gasteiger charge is 2.27. The van der Waals surface area contributed by atoms with Gasteiger partial charge in [0.05, 0.1) is 0 Å². The Hall–Kier alpha value is -4.34. The first-order valence-electron chi connectivity index (χ1n) is 12.2. The molecule has 0 saturated carbocycles. The number of rotatable bonds is 9. The van der Waals surface area contributed by atoms with E-state index in [1.165, 1.54) is 7.05 Å². The van der Waals surface area contributed by atoms with E-state index in [0.717, 1.165) is 11.1 Å². The number of amides is 2. The van der Waals surface area contributed by atoms with Gasteiger partial charge in [0.15, 0.2) is 6.10 Å². The Morgan fingerprint density at radius 1 is 1.14 bits per heavy atom. The number of carbonyl (C=O) groups excluding carboxylic acids is 2. The highest BCUT2D eigenvalue weighted by atomic mass is 16.6. The molecule has 0 aliphatic carbocycles. The lowest BCUT2D eigenvalue weighted by Crippen LogP contribution is -2.33. The van der Waals surface area contributed by atoms with Crippen LogP contribution in [0, 0.1) is 0 Å². The quantitative estimate of drug-likeness (QED) is 0.456. The van der Waals surface area contributed by atoms with E-state index in [2.05, 4.69) is 20.6 Å². The number of benzene rings is 2. The number of anilines is 2. The molecule has 4 rings (SSSR count). The van der Waals surface area contributed by atoms with Gasteiger partial charge in [-0.25, -0.2) is 9.78 Å². The molecule has 0 radical (unpaired) electrons. The van der Waals surface area contributed by atoms with E-state index >= 15 is 0 Å². The van der Waals surface area contributed by atoms with Gasteiger partial charge in [-0.05, 0) is 30.2 Å². The zero-order valence-corrected chi connectivity index (χ0v) is 21.3. The summed E-state index contributed by atoms with van der Waals surface area (Å²) >= 11 is 0. The van der Waals surface area contributed by atoms with Crippen LogP contribution in [0.2, 0.25) is 0 Å². The zero-order valence-electron chi connectivity index (χ0n) is 21.3. The van der Waals surface area contributed by atoms with Gasteiger partial charge in [-0.3, -0.25) is 4.79 Å². The van der Waals surface area contributed by atoms with E-state index in [9.17, 15) is 9.59 Å². The number of alkyl carbamates (subject to hydrolysis) is 1. The SMILES string of the molecule is CCNc1ncc2c(n1)N(C)CCN(Cc1cccc(OC(COC(=O)NC)c3ccccc3)c1)C2=O. The Morgan fingerprint density at radius 2 is 1.95 bits per heavy atom. The van der Waals surface area contributed by atoms with Gasteiger partial charge in [-0.15, -0.1) is 0 Å². The van der Waals surface area contributed by atoms with Crippen molar-refractivity contribution in [3.05, 3.63) is 77.5 Å². The number of nitrogens with zero attached hydrogens (tertiary/aromatic N) is 4. The molecule has 10 nitrogen and oxygen atoms in total. The summed E-state index contributed by atoms with van der Waals surface area (Å²) in [5.74, 6) is 1.63. The van der Waals surface area contributed by atoms with Crippen molar-refractivity contribution >= 4 is 23.8 Å². The lowest BCUT2D eigenvalue weighted by atomic mass is 10.1. The maximum atomic E-state index is 13.4. The number of likely N-dealkylation sites (N-methyl/N-ethyl adjacent to an activating group) is 1. The second-order valence-corrected chi connectivity index (χ2v) is 8.62. The predicted octanol–water partition coefficient (Wildman–Crippen LogP) is 3.48. The van der Waals surface area contributed by atoms with Gasteiger partial charge in [0.25, 0.3) is 5.91 Å². The van der Waals surface area contributed by atoms with Gasteiger partial charge in [-0.2, -0.15) is 4.98 Å². The molecule has 2 heterocycles. The van der Waals surface area contributed by atoms with Gasteiger partial charge in [0, 0.05) is 46.5 Å². The fourth-order valence-electron chi connectivity index (χ4n) is 4.05. The first-order chi connectivity index (χ1) is 18.0. The molecule has 1 unspecified atom stereocenters. The number of ether oxygens (including phenoxy) is 2. The Balaban J connectivity index is 1.51. The van der Waals surface area contributed by atoms with E-state index in [-0.39, 0.29) is 12.5 Å². The second kappa shape index (κ2) is 12.1. The van der Waals surface area contributed by atoms with Crippen LogP contribution in [0.4, 0.5) is 16.6 Å². The molecule has 1 aliphatic heterocycles. The molecule has 10 heteroatoms. The lowest BCUT2D eigenvalue weighted by molar-refractivity contribution is 0.0753. The Kier molecular flexibility index (Phi) is 8.40. The van der Waals surface area contributed by atoms with Crippen LogP contribution in [0.5, 0.6) is 5.75 Å². The molecule has 194 valence electrons. The molecular formula is C27H32N6O4. The minimum atomic E-state index is -0.523. The Labute approximate surface area is 216 Å². The van der Waals surface area contributed by atoms with Crippen molar-refractivity contribution in [2.45, 2.75) is 19.6 Å². The summed E-state index contributed by atoms with van der Waals surface area (Å²) in [6.07, 6.45) is 0.579. The van der Waals surface area contributed by atoms with Crippen molar-refractivity contribution in [1.29, 1.82) is 0 Å². The molecule has 1 aliphatic rings. The summed E-state index contributed by atoms with van der Waals surface area (Å²) in [5.41, 5.74) is 2.28. The van der Waals surface area contributed by atoms with Gasteiger partial charge in [0.2, 0.25) is 5.95 Å². The van der Waals surface area contributed by atoms with Crippen LogP contribution in [0.25, 0.3) is 0 Å². The number of hydrogen-bond donors (Lipinski definition) is 2. The third-order valence-corrected chi connectivity index (χ3v) is 5.98. The fourth-order valence-corrected chi connectivity index (χ4v) is 4.05. The van der Waals surface area contributed by atoms with E-state index in [4.69, 9.17) is 9.47 Å². The largest absolute Gasteiger partial charge is 0.482 e. The summed E-state index contributed by atoms with van der Waals surface area (Å²) in [5, 5.41) is 5.55. The van der Waals surface area contributed by atoms with Crippen LogP contribution < -0.4 is 20.3 Å². The van der Waals surface area contributed by atoms with Gasteiger partial charge in [-0.1, -0.05) is 42.5 Å². The van der Waals surface area contributed by atoms with Crippen LogP contribution in [0.3, 0.4) is 0 Å². The number of nitrogens with one attached hydrogen (secondary N) is 2. The summed E-state index contributed by atoms with van der Waals surface area (Å²) in [6, 6.07) is 17.2. The number of carbonyl (C=O) groups is 2. The highest BCUT2D eigenvalue weighted by Crippen LogP contribution is 2.26. The van der Waals surface area contributed by atoms with Crippen LogP contribution in [0.1, 0.15) is 34.5 Å². The normalized spacial score (nSPS) is 13.9. The molecule has 0 fully saturated rings. The number of fused-ring (bicyclic) bond motifs is 1. The molecule has 1 aromatic heterocycles. The number of hydrogen-bond acceptors (Lipinski definition) is 8. The Morgan fingerprint density at radius 3 is 2.70 bits per heavy atom. The summed E-state index contributed by atoms with van der Waals surface area (Å²) in [6.45, 7) is 4.31. The molecule has 2 aromatic carbocycles. The average molecular weight is 505 g/mol. The number of aromatic nitrogens is 2. The van der Waals surface area contributed by atoms with E-state index < -0.39 is 12.2 Å². The predicted molar refractivity (Wildman–Crippen MR) is 141 cm³/mol. The molecule has 0 saturated heterocycles. The molecule has 2 N–H and O–H groups in total. The smallest absolute Gasteiger partial charge is 0.407 e. The molecule has 37 heavy (non-hydrogen) atoms. The second-order valence-electron chi connectivity index (χ2n) is 8.62. The molecule has 0 bridgehead atoms. The zero-order chi connectivity index (χ0) is 26.2. The molecule has 3 aromatic rings. The summed E-state index contributed by atoms with van der Waals surface area (Å²) in [4.78, 5) is 37.7. The van der Waals surface area contributed by atoms with Crippen molar-refractivity contribution in [2.75, 3.05) is 50.6 Å². The minimum Gasteiger partial charge on any atom is -0.482 e. The van der Waals surface area contributed by atoms with Crippen molar-refractivity contribution < 1.29 is 19.1 Å². The standard InChI is InChI=1S/C27H32N6O4/c1-4-29-26-30-16-22-24(31-26)32(3)13-14-33(25(22)34)17-19-9-8-12-21(15-19)37-23(18-36-27(35)28-2)20-10-6-5-7-11-20/h5-12,15-16,23H,4,13-14,17-18H2,1-3H3,(H,28,35)(H,29,30,31). The first kappa shape index (κ1) is 25.7. The third kappa shape index (κ3) is 6.46. The van der Waals surface area contributed by atoms with Crippen LogP contribution in [-0.2, 0) is 11.3 Å². The first-order valence-corrected chi connectivity index (χ1v) is 12.2.